The molecular formula is C44H45N5O4S. The lowest BCUT2D eigenvalue weighted by Gasteiger charge is -2.37. The molecule has 10 heteroatoms. The highest BCUT2D eigenvalue weighted by atomic mass is 32.2. The van der Waals surface area contributed by atoms with Gasteiger partial charge in [-0.05, 0) is 81.3 Å². The summed E-state index contributed by atoms with van der Waals surface area (Å²) in [6.45, 7) is 8.62. The number of likely N-dealkylation sites (tertiary alicyclic amines) is 1. The molecule has 1 aliphatic rings. The predicted molar refractivity (Wildman–Crippen MR) is 216 cm³/mol. The lowest BCUT2D eigenvalue weighted by Crippen LogP contribution is -2.44. The Bertz CT molecular complexity index is 2160. The molecule has 9 nitrogen and oxygen atoms in total. The van der Waals surface area contributed by atoms with Crippen LogP contribution in [0.5, 0.6) is 5.88 Å². The highest BCUT2D eigenvalue weighted by Gasteiger charge is 2.47. The number of thioether (sulfide) groups is 1. The topological polar surface area (TPSA) is 98.6 Å². The van der Waals surface area contributed by atoms with E-state index in [9.17, 15) is 9.59 Å². The van der Waals surface area contributed by atoms with Crippen LogP contribution in [0.4, 0.5) is 10.5 Å². The van der Waals surface area contributed by atoms with E-state index in [-0.39, 0.29) is 12.5 Å². The van der Waals surface area contributed by atoms with E-state index in [2.05, 4.69) is 87.8 Å². The van der Waals surface area contributed by atoms with Crippen LogP contribution < -0.4 is 10.1 Å². The largest absolute Gasteiger partial charge is 0.478 e. The Kier molecular flexibility index (Phi) is 10.2. The average Bonchev–Trinajstić information content (AvgIpc) is 3.80. The zero-order chi connectivity index (χ0) is 37.9. The zero-order valence-electron chi connectivity index (χ0n) is 31.3. The first-order valence-corrected chi connectivity index (χ1v) is 19.4. The molecule has 276 valence electrons. The van der Waals surface area contributed by atoms with Gasteiger partial charge in [-0.2, -0.15) is 5.10 Å². The van der Waals surface area contributed by atoms with Crippen molar-refractivity contribution in [3.63, 3.8) is 0 Å². The van der Waals surface area contributed by atoms with E-state index in [0.29, 0.717) is 36.8 Å². The van der Waals surface area contributed by atoms with Gasteiger partial charge >= 0.3 is 6.09 Å². The normalized spacial score (nSPS) is 16.0. The van der Waals surface area contributed by atoms with E-state index in [1.807, 2.05) is 82.5 Å². The van der Waals surface area contributed by atoms with Crippen molar-refractivity contribution >= 4 is 40.4 Å². The molecule has 2 amide bonds. The van der Waals surface area contributed by atoms with Gasteiger partial charge in [0.2, 0.25) is 11.8 Å². The molecule has 1 fully saturated rings. The number of aromatic nitrogens is 3. The van der Waals surface area contributed by atoms with E-state index >= 15 is 0 Å². The SMILES string of the molecule is CCOc1cc(-c2nn(C(c3ccccc3)(c3ccccc3)c3ccccc3)c3ccc(NC(=O)C4(SC)CCN(C(=O)OC(C)(C)C)C4)cc23)ccn1. The van der Waals surface area contributed by atoms with Gasteiger partial charge in [0, 0.05) is 42.0 Å². The smallest absolute Gasteiger partial charge is 0.410 e. The molecule has 0 radical (unpaired) electrons. The fraction of sp³-hybridized carbons (Fsp3) is 0.273. The molecule has 1 atom stereocenters. The van der Waals surface area contributed by atoms with Crippen molar-refractivity contribution in [2.45, 2.75) is 50.0 Å². The van der Waals surface area contributed by atoms with Gasteiger partial charge in [0.05, 0.1) is 12.1 Å². The number of ether oxygens (including phenoxy) is 2. The summed E-state index contributed by atoms with van der Waals surface area (Å²) in [6, 6.07) is 41.1. The lowest BCUT2D eigenvalue weighted by atomic mass is 9.77. The summed E-state index contributed by atoms with van der Waals surface area (Å²) in [4.78, 5) is 33.2. The van der Waals surface area contributed by atoms with E-state index in [1.165, 1.54) is 11.8 Å². The third-order valence-electron chi connectivity index (χ3n) is 9.82. The van der Waals surface area contributed by atoms with E-state index < -0.39 is 22.0 Å². The predicted octanol–water partition coefficient (Wildman–Crippen LogP) is 9.02. The van der Waals surface area contributed by atoms with Gasteiger partial charge in [-0.3, -0.25) is 4.79 Å². The lowest BCUT2D eigenvalue weighted by molar-refractivity contribution is -0.118. The Morgan fingerprint density at radius 1 is 0.852 bits per heavy atom. The van der Waals surface area contributed by atoms with E-state index in [4.69, 9.17) is 14.6 Å². The minimum Gasteiger partial charge on any atom is -0.478 e. The highest BCUT2D eigenvalue weighted by molar-refractivity contribution is 8.00. The molecule has 1 N–H and O–H groups in total. The minimum atomic E-state index is -0.876. The molecule has 2 aromatic heterocycles. The molecule has 1 unspecified atom stereocenters. The molecule has 0 saturated carbocycles. The third kappa shape index (κ3) is 6.94. The van der Waals surface area contributed by atoms with Crippen LogP contribution in [0.2, 0.25) is 0 Å². The highest BCUT2D eigenvalue weighted by Crippen LogP contribution is 2.45. The fourth-order valence-electron chi connectivity index (χ4n) is 7.31. The molecule has 0 spiro atoms. The number of nitrogens with zero attached hydrogens (tertiary/aromatic N) is 4. The maximum atomic E-state index is 14.2. The molecule has 1 aliphatic heterocycles. The number of carbonyl (C=O) groups is 2. The Morgan fingerprint density at radius 2 is 1.46 bits per heavy atom. The first-order chi connectivity index (χ1) is 26.1. The van der Waals surface area contributed by atoms with Gasteiger partial charge < -0.3 is 19.7 Å². The Balaban J connectivity index is 1.40. The van der Waals surface area contributed by atoms with Crippen LogP contribution in [0.1, 0.15) is 50.8 Å². The monoisotopic (exact) mass is 739 g/mol. The Hall–Kier alpha value is -5.61. The van der Waals surface area contributed by atoms with E-state index in [1.54, 1.807) is 11.1 Å². The number of anilines is 1. The van der Waals surface area contributed by atoms with Gasteiger partial charge in [0.15, 0.2) is 0 Å². The summed E-state index contributed by atoms with van der Waals surface area (Å²) < 4.78 is 12.7. The summed E-state index contributed by atoms with van der Waals surface area (Å²) in [5, 5.41) is 9.56. The number of rotatable bonds is 10. The Labute approximate surface area is 320 Å². The van der Waals surface area contributed by atoms with Gasteiger partial charge in [-0.15, -0.1) is 11.8 Å². The van der Waals surface area contributed by atoms with Crippen LogP contribution in [0.3, 0.4) is 0 Å². The molecule has 0 bridgehead atoms. The van der Waals surface area contributed by atoms with E-state index in [0.717, 1.165) is 33.2 Å². The van der Waals surface area contributed by atoms with Gasteiger partial charge in [-0.25, -0.2) is 14.5 Å². The maximum Gasteiger partial charge on any atom is 0.410 e. The molecule has 0 aliphatic carbocycles. The van der Waals surface area contributed by atoms with Crippen LogP contribution in [-0.4, -0.2) is 68.0 Å². The summed E-state index contributed by atoms with van der Waals surface area (Å²) in [5.41, 5.74) is 4.65. The van der Waals surface area contributed by atoms with Crippen LogP contribution in [-0.2, 0) is 15.1 Å². The van der Waals surface area contributed by atoms with Crippen LogP contribution in [0, 0.1) is 0 Å². The number of fused-ring (bicyclic) bond motifs is 1. The summed E-state index contributed by atoms with van der Waals surface area (Å²) in [5.74, 6) is 0.337. The minimum absolute atomic E-state index is 0.163. The maximum absolute atomic E-state index is 14.2. The van der Waals surface area contributed by atoms with Crippen LogP contribution in [0.25, 0.3) is 22.2 Å². The number of amides is 2. The molecule has 6 aromatic rings. The van der Waals surface area contributed by atoms with Crippen molar-refractivity contribution in [1.29, 1.82) is 0 Å². The summed E-state index contributed by atoms with van der Waals surface area (Å²) in [6.07, 6.45) is 3.75. The second kappa shape index (κ2) is 15.0. The summed E-state index contributed by atoms with van der Waals surface area (Å²) >= 11 is 1.46. The van der Waals surface area contributed by atoms with Gasteiger partial charge in [0.25, 0.3) is 0 Å². The van der Waals surface area contributed by atoms with Crippen molar-refractivity contribution in [3.8, 4) is 17.1 Å². The average molecular weight is 740 g/mol. The molecule has 3 heterocycles. The Morgan fingerprint density at radius 3 is 2.02 bits per heavy atom. The first-order valence-electron chi connectivity index (χ1n) is 18.2. The summed E-state index contributed by atoms with van der Waals surface area (Å²) in [7, 11) is 0. The van der Waals surface area contributed by atoms with Crippen LogP contribution in [0.15, 0.2) is 128 Å². The first kappa shape index (κ1) is 36.7. The number of nitrogens with one attached hydrogen (secondary N) is 1. The fourth-order valence-corrected chi connectivity index (χ4v) is 8.12. The van der Waals surface area contributed by atoms with Crippen molar-refractivity contribution < 1.29 is 19.1 Å². The number of hydrogen-bond acceptors (Lipinski definition) is 7. The molecule has 4 aromatic carbocycles. The van der Waals surface area contributed by atoms with Crippen LogP contribution >= 0.6 is 11.8 Å². The molecule has 54 heavy (non-hydrogen) atoms. The second-order valence-corrected chi connectivity index (χ2v) is 15.6. The number of pyridine rings is 1. The van der Waals surface area contributed by atoms with Crippen molar-refractivity contribution in [1.82, 2.24) is 19.7 Å². The number of hydrogen-bond donors (Lipinski definition) is 1. The standard InChI is InChI=1S/C44H45N5O4S/c1-6-52-38-28-31(24-26-45-38)39-36-29-35(46-40(50)43(54-5)25-27-48(30-43)41(51)53-42(2,3)4)22-23-37(36)49(47-39)44(32-16-10-7-11-17-32,33-18-12-8-13-19-33)34-20-14-9-15-21-34/h7-24,26,28-29H,6,25,27,30H2,1-5H3,(H,46,50). The molecular weight excluding hydrogens is 695 g/mol. The van der Waals surface area contributed by atoms with Gasteiger partial charge in [0.1, 0.15) is 21.6 Å². The van der Waals surface area contributed by atoms with Crippen molar-refractivity contribution in [2.24, 2.45) is 0 Å². The van der Waals surface area contributed by atoms with Crippen molar-refractivity contribution in [3.05, 3.63) is 144 Å². The zero-order valence-corrected chi connectivity index (χ0v) is 32.1. The molecule has 7 rings (SSSR count). The van der Waals surface area contributed by atoms with Crippen molar-refractivity contribution in [2.75, 3.05) is 31.3 Å². The molecule has 1 saturated heterocycles. The van der Waals surface area contributed by atoms with Gasteiger partial charge in [-0.1, -0.05) is 91.0 Å². The number of benzene rings is 4. The second-order valence-electron chi connectivity index (χ2n) is 14.4. The quantitative estimate of drug-likeness (QED) is 0.140. The third-order valence-corrected chi connectivity index (χ3v) is 11.1. The number of carbonyl (C=O) groups excluding carboxylic acids is 2.